The van der Waals surface area contributed by atoms with Gasteiger partial charge < -0.3 is 20.1 Å². The fourth-order valence-electron chi connectivity index (χ4n) is 3.55. The van der Waals surface area contributed by atoms with Crippen molar-refractivity contribution in [2.75, 3.05) is 25.6 Å². The zero-order valence-corrected chi connectivity index (χ0v) is 14.6. The molecule has 1 fully saturated rings. The highest BCUT2D eigenvalue weighted by atomic mass is 16.7. The lowest BCUT2D eigenvalue weighted by Gasteiger charge is -2.21. The summed E-state index contributed by atoms with van der Waals surface area (Å²) < 4.78 is 10.7. The molecule has 0 bridgehead atoms. The van der Waals surface area contributed by atoms with Crippen molar-refractivity contribution in [2.24, 2.45) is 5.92 Å². The van der Waals surface area contributed by atoms with E-state index in [9.17, 15) is 4.79 Å². The molecule has 7 heteroatoms. The molecule has 2 aliphatic rings. The number of nitrogens with zero attached hydrogens (tertiary/aromatic N) is 3. The molecule has 3 heterocycles. The number of hydrogen-bond donors (Lipinski definition) is 1. The quantitative estimate of drug-likeness (QED) is 0.909. The molecule has 1 amide bonds. The van der Waals surface area contributed by atoms with Gasteiger partial charge in [-0.2, -0.15) is 0 Å². The van der Waals surface area contributed by atoms with Crippen LogP contribution in [0.25, 0.3) is 0 Å². The molecule has 136 valence electrons. The molecular weight excluding hydrogens is 332 g/mol. The second kappa shape index (κ2) is 7.19. The molecule has 0 radical (unpaired) electrons. The van der Waals surface area contributed by atoms with Crippen molar-refractivity contribution < 1.29 is 14.3 Å². The normalized spacial score (nSPS) is 19.2. The Hall–Kier alpha value is -2.83. The first-order valence-electron chi connectivity index (χ1n) is 8.94. The molecule has 26 heavy (non-hydrogen) atoms. The average molecular weight is 354 g/mol. The molecule has 1 aromatic heterocycles. The van der Waals surface area contributed by atoms with Gasteiger partial charge in [-0.3, -0.25) is 9.78 Å². The van der Waals surface area contributed by atoms with Gasteiger partial charge in [0, 0.05) is 18.7 Å². The maximum Gasteiger partial charge on any atom is 0.253 e. The lowest BCUT2D eigenvalue weighted by molar-refractivity contribution is 0.0759. The van der Waals surface area contributed by atoms with Gasteiger partial charge in [-0.1, -0.05) is 0 Å². The summed E-state index contributed by atoms with van der Waals surface area (Å²) in [5.41, 5.74) is 7.20. The van der Waals surface area contributed by atoms with Crippen molar-refractivity contribution in [2.45, 2.75) is 25.7 Å². The number of nitrogen functional groups attached to an aromatic ring is 1. The molecule has 1 aromatic carbocycles. The predicted octanol–water partition coefficient (Wildman–Crippen LogP) is 2.27. The minimum Gasteiger partial charge on any atom is -0.454 e. The SMILES string of the molecule is Nc1cnc(C[C@@H]2CCCN(C(=O)c3ccc4c(c3)OCO4)CC2)cn1. The summed E-state index contributed by atoms with van der Waals surface area (Å²) in [7, 11) is 0. The number of likely N-dealkylation sites (tertiary alicyclic amines) is 1. The Balaban J connectivity index is 1.38. The third-order valence-electron chi connectivity index (χ3n) is 4.98. The third-order valence-corrected chi connectivity index (χ3v) is 4.98. The summed E-state index contributed by atoms with van der Waals surface area (Å²) in [5.74, 6) is 2.33. The van der Waals surface area contributed by atoms with Crippen molar-refractivity contribution >= 4 is 11.7 Å². The third kappa shape index (κ3) is 3.56. The molecule has 1 atom stereocenters. The Labute approximate surface area is 152 Å². The van der Waals surface area contributed by atoms with E-state index in [1.807, 2.05) is 11.0 Å². The van der Waals surface area contributed by atoms with Gasteiger partial charge in [-0.25, -0.2) is 4.98 Å². The standard InChI is InChI=1S/C19H22N4O3/c20-18-11-21-15(10-22-18)8-13-2-1-6-23(7-5-13)19(24)14-3-4-16-17(9-14)26-12-25-16/h3-4,9-11,13H,1-2,5-8,12H2,(H2,20,22)/t13-/m1/s1. The lowest BCUT2D eigenvalue weighted by Crippen LogP contribution is -2.32. The molecule has 4 rings (SSSR count). The molecule has 0 spiro atoms. The van der Waals surface area contributed by atoms with E-state index in [2.05, 4.69) is 9.97 Å². The fraction of sp³-hybridized carbons (Fsp3) is 0.421. The second-order valence-corrected chi connectivity index (χ2v) is 6.79. The van der Waals surface area contributed by atoms with Gasteiger partial charge >= 0.3 is 0 Å². The maximum atomic E-state index is 12.8. The second-order valence-electron chi connectivity index (χ2n) is 6.79. The van der Waals surface area contributed by atoms with Crippen LogP contribution in [-0.4, -0.2) is 40.7 Å². The highest BCUT2D eigenvalue weighted by molar-refractivity contribution is 5.95. The van der Waals surface area contributed by atoms with Crippen molar-refractivity contribution in [1.82, 2.24) is 14.9 Å². The molecule has 2 N–H and O–H groups in total. The predicted molar refractivity (Wildman–Crippen MR) is 96.0 cm³/mol. The minimum absolute atomic E-state index is 0.0521. The summed E-state index contributed by atoms with van der Waals surface area (Å²) in [4.78, 5) is 23.2. The Morgan fingerprint density at radius 3 is 2.88 bits per heavy atom. The van der Waals surface area contributed by atoms with Crippen LogP contribution in [0.5, 0.6) is 11.5 Å². The molecule has 2 aromatic rings. The smallest absolute Gasteiger partial charge is 0.253 e. The van der Waals surface area contributed by atoms with Crippen molar-refractivity contribution in [3.63, 3.8) is 0 Å². The van der Waals surface area contributed by atoms with Gasteiger partial charge in [0.05, 0.1) is 18.1 Å². The van der Waals surface area contributed by atoms with E-state index in [1.165, 1.54) is 0 Å². The van der Waals surface area contributed by atoms with Crippen LogP contribution < -0.4 is 15.2 Å². The van der Waals surface area contributed by atoms with Crippen LogP contribution >= 0.6 is 0 Å². The number of carbonyl (C=O) groups excluding carboxylic acids is 1. The van der Waals surface area contributed by atoms with E-state index in [0.717, 1.165) is 44.5 Å². The highest BCUT2D eigenvalue weighted by Gasteiger charge is 2.24. The largest absolute Gasteiger partial charge is 0.454 e. The number of aromatic nitrogens is 2. The number of fused-ring (bicyclic) bond motifs is 1. The Bertz CT molecular complexity index is 794. The Kier molecular flexibility index (Phi) is 4.60. The molecule has 1 saturated heterocycles. The lowest BCUT2D eigenvalue weighted by atomic mass is 9.95. The van der Waals surface area contributed by atoms with Crippen LogP contribution in [0.4, 0.5) is 5.82 Å². The summed E-state index contributed by atoms with van der Waals surface area (Å²) in [6.07, 6.45) is 7.25. The topological polar surface area (TPSA) is 90.6 Å². The molecule has 0 saturated carbocycles. The van der Waals surface area contributed by atoms with Crippen LogP contribution in [0.3, 0.4) is 0 Å². The van der Waals surface area contributed by atoms with E-state index in [-0.39, 0.29) is 12.7 Å². The first-order valence-corrected chi connectivity index (χ1v) is 8.94. The number of amides is 1. The number of nitrogens with two attached hydrogens (primary N) is 1. The van der Waals surface area contributed by atoms with Crippen molar-refractivity contribution in [3.8, 4) is 11.5 Å². The van der Waals surface area contributed by atoms with E-state index in [1.54, 1.807) is 24.5 Å². The summed E-state index contributed by atoms with van der Waals surface area (Å²) in [6, 6.07) is 5.38. The first kappa shape index (κ1) is 16.6. The summed E-state index contributed by atoms with van der Waals surface area (Å²) >= 11 is 0. The van der Waals surface area contributed by atoms with Gasteiger partial charge in [0.1, 0.15) is 5.82 Å². The maximum absolute atomic E-state index is 12.8. The van der Waals surface area contributed by atoms with Crippen LogP contribution in [-0.2, 0) is 6.42 Å². The minimum atomic E-state index is 0.0521. The summed E-state index contributed by atoms with van der Waals surface area (Å²) in [5, 5.41) is 0. The highest BCUT2D eigenvalue weighted by Crippen LogP contribution is 2.33. The number of rotatable bonds is 3. The van der Waals surface area contributed by atoms with Crippen LogP contribution in [0.15, 0.2) is 30.6 Å². The molecule has 2 aliphatic heterocycles. The van der Waals surface area contributed by atoms with Crippen molar-refractivity contribution in [1.29, 1.82) is 0 Å². The van der Waals surface area contributed by atoms with Gasteiger partial charge in [-0.15, -0.1) is 0 Å². The number of anilines is 1. The van der Waals surface area contributed by atoms with Gasteiger partial charge in [-0.05, 0) is 49.8 Å². The monoisotopic (exact) mass is 354 g/mol. The van der Waals surface area contributed by atoms with Crippen molar-refractivity contribution in [3.05, 3.63) is 41.9 Å². The van der Waals surface area contributed by atoms with Crippen LogP contribution in [0, 0.1) is 5.92 Å². The number of ether oxygens (including phenoxy) is 2. The Morgan fingerprint density at radius 1 is 1.15 bits per heavy atom. The van der Waals surface area contributed by atoms with Crippen LogP contribution in [0.2, 0.25) is 0 Å². The van der Waals surface area contributed by atoms with E-state index >= 15 is 0 Å². The number of carbonyl (C=O) groups is 1. The molecule has 7 nitrogen and oxygen atoms in total. The molecule has 0 unspecified atom stereocenters. The molecular formula is C19H22N4O3. The first-order chi connectivity index (χ1) is 12.7. The zero-order valence-electron chi connectivity index (χ0n) is 14.6. The number of hydrogen-bond acceptors (Lipinski definition) is 6. The average Bonchev–Trinajstić information content (AvgIpc) is 3.01. The van der Waals surface area contributed by atoms with E-state index in [4.69, 9.17) is 15.2 Å². The van der Waals surface area contributed by atoms with Gasteiger partial charge in [0.2, 0.25) is 6.79 Å². The zero-order chi connectivity index (χ0) is 17.9. The van der Waals surface area contributed by atoms with Gasteiger partial charge in [0.15, 0.2) is 11.5 Å². The van der Waals surface area contributed by atoms with Gasteiger partial charge in [0.25, 0.3) is 5.91 Å². The van der Waals surface area contributed by atoms with E-state index in [0.29, 0.717) is 28.8 Å². The fourth-order valence-corrected chi connectivity index (χ4v) is 3.55. The molecule has 0 aliphatic carbocycles. The van der Waals surface area contributed by atoms with Crippen LogP contribution in [0.1, 0.15) is 35.3 Å². The number of benzene rings is 1. The summed E-state index contributed by atoms with van der Waals surface area (Å²) in [6.45, 7) is 1.74. The Morgan fingerprint density at radius 2 is 2.04 bits per heavy atom. The van der Waals surface area contributed by atoms with E-state index < -0.39 is 0 Å².